The minimum Gasteiger partial charge on any atom is -0.281 e. The standard InChI is InChI=1S/C10H15N3O3S/c1-7-9(6-11-12-7)17(15,16)13-10(14)8-4-2-3-5-8/h6,8H,2-5H2,1H3,(H,11,12)(H,13,14). The van der Waals surface area contributed by atoms with E-state index >= 15 is 0 Å². The average molecular weight is 257 g/mol. The van der Waals surface area contributed by atoms with Crippen molar-refractivity contribution >= 4 is 15.9 Å². The molecule has 7 heteroatoms. The van der Waals surface area contributed by atoms with Crippen LogP contribution in [-0.2, 0) is 14.8 Å². The van der Waals surface area contributed by atoms with E-state index in [-0.39, 0.29) is 10.8 Å². The van der Waals surface area contributed by atoms with Crippen molar-refractivity contribution in [1.82, 2.24) is 14.9 Å². The molecule has 1 fully saturated rings. The van der Waals surface area contributed by atoms with Crippen molar-refractivity contribution in [3.05, 3.63) is 11.9 Å². The van der Waals surface area contributed by atoms with E-state index in [2.05, 4.69) is 14.9 Å². The second-order valence-corrected chi connectivity index (χ2v) is 5.96. The van der Waals surface area contributed by atoms with Crippen LogP contribution in [0.1, 0.15) is 31.4 Å². The fraction of sp³-hybridized carbons (Fsp3) is 0.600. The van der Waals surface area contributed by atoms with Crippen LogP contribution in [0.5, 0.6) is 0 Å². The van der Waals surface area contributed by atoms with E-state index in [4.69, 9.17) is 0 Å². The molecule has 0 atom stereocenters. The summed E-state index contributed by atoms with van der Waals surface area (Å²) >= 11 is 0. The Morgan fingerprint density at radius 3 is 2.65 bits per heavy atom. The first-order chi connectivity index (χ1) is 8.00. The van der Waals surface area contributed by atoms with Crippen LogP contribution < -0.4 is 4.72 Å². The van der Waals surface area contributed by atoms with Crippen LogP contribution in [0.25, 0.3) is 0 Å². The molecule has 0 aromatic carbocycles. The van der Waals surface area contributed by atoms with Gasteiger partial charge in [0.25, 0.3) is 10.0 Å². The van der Waals surface area contributed by atoms with Crippen molar-refractivity contribution in [2.24, 2.45) is 5.92 Å². The van der Waals surface area contributed by atoms with Crippen LogP contribution in [0.3, 0.4) is 0 Å². The van der Waals surface area contributed by atoms with Gasteiger partial charge in [0.2, 0.25) is 5.91 Å². The number of aromatic nitrogens is 2. The van der Waals surface area contributed by atoms with Gasteiger partial charge in [-0.1, -0.05) is 12.8 Å². The van der Waals surface area contributed by atoms with Crippen LogP contribution in [-0.4, -0.2) is 24.5 Å². The van der Waals surface area contributed by atoms with Gasteiger partial charge in [-0.15, -0.1) is 0 Å². The summed E-state index contributed by atoms with van der Waals surface area (Å²) in [5, 5.41) is 6.17. The van der Waals surface area contributed by atoms with Crippen LogP contribution >= 0.6 is 0 Å². The molecular weight excluding hydrogens is 242 g/mol. The summed E-state index contributed by atoms with van der Waals surface area (Å²) in [5.74, 6) is -0.569. The zero-order valence-corrected chi connectivity index (χ0v) is 10.4. The Balaban J connectivity index is 2.12. The van der Waals surface area contributed by atoms with E-state index in [1.165, 1.54) is 6.20 Å². The molecule has 0 unspecified atom stereocenters. The lowest BCUT2D eigenvalue weighted by atomic mass is 10.1. The number of carbonyl (C=O) groups is 1. The van der Waals surface area contributed by atoms with Gasteiger partial charge in [0.15, 0.2) is 0 Å². The van der Waals surface area contributed by atoms with Crippen LogP contribution in [0.4, 0.5) is 0 Å². The molecule has 0 radical (unpaired) electrons. The number of carbonyl (C=O) groups excluding carboxylic acids is 1. The van der Waals surface area contributed by atoms with Crippen molar-refractivity contribution in [3.8, 4) is 0 Å². The maximum atomic E-state index is 11.9. The largest absolute Gasteiger partial charge is 0.281 e. The highest BCUT2D eigenvalue weighted by Gasteiger charge is 2.28. The smallest absolute Gasteiger partial charge is 0.267 e. The molecule has 0 saturated heterocycles. The fourth-order valence-corrected chi connectivity index (χ4v) is 3.25. The Bertz CT molecular complexity index is 515. The number of hydrogen-bond acceptors (Lipinski definition) is 4. The topological polar surface area (TPSA) is 91.9 Å². The Morgan fingerprint density at radius 2 is 2.12 bits per heavy atom. The number of aromatic amines is 1. The van der Waals surface area contributed by atoms with Crippen molar-refractivity contribution in [2.75, 3.05) is 0 Å². The molecule has 1 amide bonds. The Hall–Kier alpha value is -1.37. The van der Waals surface area contributed by atoms with Gasteiger partial charge in [-0.3, -0.25) is 9.89 Å². The van der Waals surface area contributed by atoms with Crippen molar-refractivity contribution in [2.45, 2.75) is 37.5 Å². The Morgan fingerprint density at radius 1 is 1.47 bits per heavy atom. The molecule has 1 aliphatic carbocycles. The van der Waals surface area contributed by atoms with Crippen LogP contribution in [0, 0.1) is 12.8 Å². The summed E-state index contributed by atoms with van der Waals surface area (Å²) in [6.45, 7) is 1.60. The Kier molecular flexibility index (Phi) is 3.19. The summed E-state index contributed by atoms with van der Waals surface area (Å²) in [7, 11) is -3.78. The summed E-state index contributed by atoms with van der Waals surface area (Å²) in [6.07, 6.45) is 4.72. The highest BCUT2D eigenvalue weighted by Crippen LogP contribution is 2.25. The van der Waals surface area contributed by atoms with Gasteiger partial charge < -0.3 is 0 Å². The van der Waals surface area contributed by atoms with E-state index in [1.807, 2.05) is 0 Å². The normalized spacial score (nSPS) is 17.2. The monoisotopic (exact) mass is 257 g/mol. The lowest BCUT2D eigenvalue weighted by Gasteiger charge is -2.10. The minimum atomic E-state index is -3.78. The van der Waals surface area contributed by atoms with E-state index in [0.29, 0.717) is 5.69 Å². The molecule has 1 aromatic heterocycles. The highest BCUT2D eigenvalue weighted by molar-refractivity contribution is 7.90. The van der Waals surface area contributed by atoms with Gasteiger partial charge >= 0.3 is 0 Å². The molecule has 0 spiro atoms. The third kappa shape index (κ3) is 2.49. The molecule has 1 saturated carbocycles. The van der Waals surface area contributed by atoms with Crippen LogP contribution in [0.15, 0.2) is 11.1 Å². The SMILES string of the molecule is Cc1[nH]ncc1S(=O)(=O)NC(=O)C1CCCC1. The highest BCUT2D eigenvalue weighted by atomic mass is 32.2. The third-order valence-electron chi connectivity index (χ3n) is 3.03. The fourth-order valence-electron chi connectivity index (χ4n) is 2.07. The van der Waals surface area contributed by atoms with Gasteiger partial charge in [-0.05, 0) is 19.8 Å². The lowest BCUT2D eigenvalue weighted by molar-refractivity contribution is -0.122. The molecule has 6 nitrogen and oxygen atoms in total. The van der Waals surface area contributed by atoms with Gasteiger partial charge in [-0.2, -0.15) is 5.10 Å². The summed E-state index contributed by atoms with van der Waals surface area (Å²) < 4.78 is 25.9. The first-order valence-electron chi connectivity index (χ1n) is 5.57. The lowest BCUT2D eigenvalue weighted by Crippen LogP contribution is -2.34. The Labute approximate surface area is 99.8 Å². The number of H-pyrrole nitrogens is 1. The molecular formula is C10H15N3O3S. The van der Waals surface area contributed by atoms with Gasteiger partial charge in [0.05, 0.1) is 11.9 Å². The third-order valence-corrected chi connectivity index (χ3v) is 4.49. The molecule has 94 valence electrons. The number of nitrogens with one attached hydrogen (secondary N) is 2. The molecule has 2 N–H and O–H groups in total. The first kappa shape index (κ1) is 12.1. The second kappa shape index (κ2) is 4.48. The van der Waals surface area contributed by atoms with Crippen molar-refractivity contribution < 1.29 is 13.2 Å². The quantitative estimate of drug-likeness (QED) is 0.834. The summed E-state index contributed by atoms with van der Waals surface area (Å²) in [6, 6.07) is 0. The molecule has 1 aromatic rings. The molecule has 0 bridgehead atoms. The minimum absolute atomic E-state index is 0.0313. The zero-order valence-electron chi connectivity index (χ0n) is 9.56. The van der Waals surface area contributed by atoms with Gasteiger partial charge in [0.1, 0.15) is 4.90 Å². The van der Waals surface area contributed by atoms with Crippen molar-refractivity contribution in [3.63, 3.8) is 0 Å². The first-order valence-corrected chi connectivity index (χ1v) is 7.05. The molecule has 0 aliphatic heterocycles. The zero-order chi connectivity index (χ0) is 12.5. The number of sulfonamides is 1. The predicted octanol–water partition coefficient (Wildman–Crippen LogP) is 0.713. The molecule has 17 heavy (non-hydrogen) atoms. The number of nitrogens with zero attached hydrogens (tertiary/aromatic N) is 1. The number of hydrogen-bond donors (Lipinski definition) is 2. The number of amides is 1. The maximum Gasteiger partial charge on any atom is 0.267 e. The second-order valence-electron chi connectivity index (χ2n) is 4.31. The summed E-state index contributed by atoms with van der Waals surface area (Å²) in [4.78, 5) is 11.8. The number of rotatable bonds is 3. The van der Waals surface area contributed by atoms with E-state index in [9.17, 15) is 13.2 Å². The number of aryl methyl sites for hydroxylation is 1. The van der Waals surface area contributed by atoms with Gasteiger partial charge in [0, 0.05) is 5.92 Å². The maximum absolute atomic E-state index is 11.9. The van der Waals surface area contributed by atoms with E-state index in [1.54, 1.807) is 6.92 Å². The molecule has 1 heterocycles. The van der Waals surface area contributed by atoms with Crippen molar-refractivity contribution in [1.29, 1.82) is 0 Å². The molecule has 1 aliphatic rings. The predicted molar refractivity (Wildman–Crippen MR) is 60.6 cm³/mol. The summed E-state index contributed by atoms with van der Waals surface area (Å²) in [5.41, 5.74) is 0.428. The van der Waals surface area contributed by atoms with Crippen LogP contribution in [0.2, 0.25) is 0 Å². The average Bonchev–Trinajstić information content (AvgIpc) is 2.85. The van der Waals surface area contributed by atoms with E-state index in [0.717, 1.165) is 25.7 Å². The van der Waals surface area contributed by atoms with E-state index < -0.39 is 15.9 Å². The molecule has 2 rings (SSSR count). The van der Waals surface area contributed by atoms with Gasteiger partial charge in [-0.25, -0.2) is 13.1 Å².